The lowest BCUT2D eigenvalue weighted by molar-refractivity contribution is 0.112. The second-order valence-corrected chi connectivity index (χ2v) is 4.42. The lowest BCUT2D eigenvalue weighted by Gasteiger charge is -2.14. The zero-order valence-corrected chi connectivity index (χ0v) is 10.6. The van der Waals surface area contributed by atoms with Crippen LogP contribution in [0.5, 0.6) is 0 Å². The van der Waals surface area contributed by atoms with Crippen LogP contribution in [0.4, 0.5) is 0 Å². The summed E-state index contributed by atoms with van der Waals surface area (Å²) in [5, 5.41) is 0. The largest absolute Gasteiger partial charge is 0.342 e. The summed E-state index contributed by atoms with van der Waals surface area (Å²) in [6.07, 6.45) is 2.38. The highest BCUT2D eigenvalue weighted by atomic mass is 16.1. The molecule has 0 atom stereocenters. The topological polar surface area (TPSA) is 45.8 Å². The van der Waals surface area contributed by atoms with Gasteiger partial charge in [-0.1, -0.05) is 6.07 Å². The molecule has 1 N–H and O–H groups in total. The third kappa shape index (κ3) is 1.78. The van der Waals surface area contributed by atoms with Crippen LogP contribution in [0.25, 0.3) is 11.3 Å². The molecule has 0 radical (unpaired) electrons. The Morgan fingerprint density at radius 1 is 1.12 bits per heavy atom. The molecule has 1 aromatic carbocycles. The SMILES string of the molecule is Cc1cc(C)c(C)c(-c2nc[nH]c2C=O)c1C. The zero-order valence-electron chi connectivity index (χ0n) is 10.6. The maximum Gasteiger partial charge on any atom is 0.168 e. The van der Waals surface area contributed by atoms with Gasteiger partial charge in [0.15, 0.2) is 6.29 Å². The lowest BCUT2D eigenvalue weighted by Crippen LogP contribution is -1.97. The van der Waals surface area contributed by atoms with Gasteiger partial charge in [0.2, 0.25) is 0 Å². The van der Waals surface area contributed by atoms with E-state index in [9.17, 15) is 4.79 Å². The first kappa shape index (κ1) is 11.6. The molecule has 1 aromatic heterocycles. The zero-order chi connectivity index (χ0) is 12.6. The summed E-state index contributed by atoms with van der Waals surface area (Å²) in [5.41, 5.74) is 7.19. The Kier molecular flexibility index (Phi) is 2.84. The molecule has 3 nitrogen and oxygen atoms in total. The van der Waals surface area contributed by atoms with Crippen LogP contribution in [-0.4, -0.2) is 16.3 Å². The van der Waals surface area contributed by atoms with E-state index < -0.39 is 0 Å². The first-order valence-corrected chi connectivity index (χ1v) is 5.62. The molecule has 1 heterocycles. The smallest absolute Gasteiger partial charge is 0.168 e. The van der Waals surface area contributed by atoms with Crippen molar-refractivity contribution in [3.8, 4) is 11.3 Å². The van der Waals surface area contributed by atoms with Crippen LogP contribution in [0.1, 0.15) is 32.7 Å². The highest BCUT2D eigenvalue weighted by Crippen LogP contribution is 2.31. The van der Waals surface area contributed by atoms with Crippen LogP contribution in [0.2, 0.25) is 0 Å². The summed E-state index contributed by atoms with van der Waals surface area (Å²) in [6.45, 7) is 8.30. The molecule has 0 spiro atoms. The summed E-state index contributed by atoms with van der Waals surface area (Å²) < 4.78 is 0. The Bertz CT molecular complexity index is 556. The number of aromatic amines is 1. The summed E-state index contributed by atoms with van der Waals surface area (Å²) in [4.78, 5) is 18.1. The number of nitrogens with zero attached hydrogens (tertiary/aromatic N) is 1. The Balaban J connectivity index is 2.79. The second-order valence-electron chi connectivity index (χ2n) is 4.42. The number of aryl methyl sites for hydroxylation is 2. The van der Waals surface area contributed by atoms with Gasteiger partial charge < -0.3 is 4.98 Å². The molecule has 2 rings (SSSR count). The van der Waals surface area contributed by atoms with Crippen molar-refractivity contribution in [1.82, 2.24) is 9.97 Å². The minimum absolute atomic E-state index is 0.543. The summed E-state index contributed by atoms with van der Waals surface area (Å²) in [7, 11) is 0. The van der Waals surface area contributed by atoms with E-state index in [0.717, 1.165) is 17.5 Å². The van der Waals surface area contributed by atoms with Crippen molar-refractivity contribution < 1.29 is 4.79 Å². The van der Waals surface area contributed by atoms with E-state index in [0.29, 0.717) is 5.69 Å². The van der Waals surface area contributed by atoms with Gasteiger partial charge in [-0.2, -0.15) is 0 Å². The average molecular weight is 228 g/mol. The van der Waals surface area contributed by atoms with Crippen molar-refractivity contribution in [2.75, 3.05) is 0 Å². The predicted octanol–water partition coefficient (Wildman–Crippen LogP) is 3.12. The molecular weight excluding hydrogens is 212 g/mol. The van der Waals surface area contributed by atoms with Crippen LogP contribution in [-0.2, 0) is 0 Å². The third-order valence-corrected chi connectivity index (χ3v) is 3.39. The molecule has 0 aliphatic carbocycles. The Morgan fingerprint density at radius 2 is 1.71 bits per heavy atom. The van der Waals surface area contributed by atoms with Crippen molar-refractivity contribution in [2.45, 2.75) is 27.7 Å². The number of nitrogens with one attached hydrogen (secondary N) is 1. The number of carbonyl (C=O) groups is 1. The van der Waals surface area contributed by atoms with Gasteiger partial charge >= 0.3 is 0 Å². The number of H-pyrrole nitrogens is 1. The van der Waals surface area contributed by atoms with Gasteiger partial charge in [-0.05, 0) is 49.9 Å². The highest BCUT2D eigenvalue weighted by Gasteiger charge is 2.15. The quantitative estimate of drug-likeness (QED) is 0.803. The molecular formula is C14H16N2O. The van der Waals surface area contributed by atoms with Crippen molar-refractivity contribution in [3.05, 3.63) is 40.3 Å². The van der Waals surface area contributed by atoms with Gasteiger partial charge in [0, 0.05) is 5.56 Å². The minimum Gasteiger partial charge on any atom is -0.342 e. The van der Waals surface area contributed by atoms with Gasteiger partial charge in [0.1, 0.15) is 5.69 Å². The van der Waals surface area contributed by atoms with E-state index in [1.165, 1.54) is 22.3 Å². The second kappa shape index (κ2) is 4.17. The summed E-state index contributed by atoms with van der Waals surface area (Å²) in [6, 6.07) is 2.17. The van der Waals surface area contributed by atoms with Crippen LogP contribution in [0.15, 0.2) is 12.4 Å². The normalized spacial score (nSPS) is 10.6. The number of imidazole rings is 1. The molecule has 0 bridgehead atoms. The molecule has 3 heteroatoms. The molecule has 0 amide bonds. The van der Waals surface area contributed by atoms with E-state index in [-0.39, 0.29) is 0 Å². The van der Waals surface area contributed by atoms with E-state index in [2.05, 4.69) is 43.7 Å². The number of benzene rings is 1. The molecule has 0 aliphatic rings. The van der Waals surface area contributed by atoms with Gasteiger partial charge in [-0.25, -0.2) is 4.98 Å². The number of hydrogen-bond donors (Lipinski definition) is 1. The molecule has 88 valence electrons. The first-order chi connectivity index (χ1) is 8.06. The van der Waals surface area contributed by atoms with Crippen LogP contribution < -0.4 is 0 Å². The maximum atomic E-state index is 11.0. The van der Waals surface area contributed by atoms with Crippen molar-refractivity contribution in [2.24, 2.45) is 0 Å². The van der Waals surface area contributed by atoms with E-state index in [1.54, 1.807) is 6.33 Å². The molecule has 0 aliphatic heterocycles. The maximum absolute atomic E-state index is 11.0. The molecule has 0 fully saturated rings. The predicted molar refractivity (Wildman–Crippen MR) is 68.4 cm³/mol. The van der Waals surface area contributed by atoms with Gasteiger partial charge in [0.25, 0.3) is 0 Å². The molecule has 0 saturated heterocycles. The Hall–Kier alpha value is -1.90. The monoisotopic (exact) mass is 228 g/mol. The molecule has 0 unspecified atom stereocenters. The van der Waals surface area contributed by atoms with Gasteiger partial charge in [-0.15, -0.1) is 0 Å². The minimum atomic E-state index is 0.543. The number of aromatic nitrogens is 2. The average Bonchev–Trinajstić information content (AvgIpc) is 2.75. The van der Waals surface area contributed by atoms with Crippen molar-refractivity contribution in [1.29, 1.82) is 0 Å². The van der Waals surface area contributed by atoms with E-state index in [4.69, 9.17) is 0 Å². The lowest BCUT2D eigenvalue weighted by atomic mass is 9.92. The molecule has 2 aromatic rings. The standard InChI is InChI=1S/C14H16N2O/c1-8-5-9(2)11(4)13(10(8)3)14-12(6-17)15-7-16-14/h5-7H,1-4H3,(H,15,16). The number of carbonyl (C=O) groups excluding carboxylic acids is 1. The fourth-order valence-corrected chi connectivity index (χ4v) is 2.17. The Morgan fingerprint density at radius 3 is 2.24 bits per heavy atom. The van der Waals surface area contributed by atoms with E-state index in [1.807, 2.05) is 0 Å². The number of hydrogen-bond acceptors (Lipinski definition) is 2. The Labute approximate surface area is 101 Å². The van der Waals surface area contributed by atoms with Gasteiger partial charge in [0.05, 0.1) is 12.0 Å². The molecule has 0 saturated carbocycles. The van der Waals surface area contributed by atoms with Crippen molar-refractivity contribution >= 4 is 6.29 Å². The summed E-state index contributed by atoms with van der Waals surface area (Å²) in [5.74, 6) is 0. The molecule has 17 heavy (non-hydrogen) atoms. The van der Waals surface area contributed by atoms with E-state index >= 15 is 0 Å². The first-order valence-electron chi connectivity index (χ1n) is 5.62. The summed E-state index contributed by atoms with van der Waals surface area (Å²) >= 11 is 0. The number of aldehydes is 1. The fourth-order valence-electron chi connectivity index (χ4n) is 2.17. The fraction of sp³-hybridized carbons (Fsp3) is 0.286. The van der Waals surface area contributed by atoms with Crippen molar-refractivity contribution in [3.63, 3.8) is 0 Å². The van der Waals surface area contributed by atoms with Gasteiger partial charge in [-0.3, -0.25) is 4.79 Å². The van der Waals surface area contributed by atoms with Crippen LogP contribution in [0.3, 0.4) is 0 Å². The highest BCUT2D eigenvalue weighted by molar-refractivity contribution is 5.86. The number of rotatable bonds is 2. The third-order valence-electron chi connectivity index (χ3n) is 3.39. The van der Waals surface area contributed by atoms with Crippen LogP contribution >= 0.6 is 0 Å². The van der Waals surface area contributed by atoms with Crippen LogP contribution in [0, 0.1) is 27.7 Å².